The Hall–Kier alpha value is -0.550. The molecule has 1 unspecified atom stereocenters. The van der Waals surface area contributed by atoms with Gasteiger partial charge in [0.25, 0.3) is 0 Å². The first-order chi connectivity index (χ1) is 7.90. The molecule has 1 heterocycles. The summed E-state index contributed by atoms with van der Waals surface area (Å²) in [6.45, 7) is 4.63. The van der Waals surface area contributed by atoms with Gasteiger partial charge in [0.1, 0.15) is 0 Å². The van der Waals surface area contributed by atoms with Gasteiger partial charge in [0.05, 0.1) is 0 Å². The molecule has 0 radical (unpaired) electrons. The van der Waals surface area contributed by atoms with E-state index in [-0.39, 0.29) is 24.0 Å². The highest BCUT2D eigenvalue weighted by atomic mass is 127. The fourth-order valence-corrected chi connectivity index (χ4v) is 2.25. The number of benzene rings is 1. The van der Waals surface area contributed by atoms with Gasteiger partial charge >= 0.3 is 0 Å². The molecule has 0 spiro atoms. The minimum Gasteiger partial charge on any atom is -0.362 e. The SMILES string of the molecule is CCN1CCCC1/C=C/Nc1ccccc1.I. The topological polar surface area (TPSA) is 15.3 Å². The Kier molecular flexibility index (Phi) is 6.58. The molecule has 17 heavy (non-hydrogen) atoms. The summed E-state index contributed by atoms with van der Waals surface area (Å²) in [5.74, 6) is 0. The first-order valence-corrected chi connectivity index (χ1v) is 6.12. The van der Waals surface area contributed by atoms with Crippen molar-refractivity contribution in [3.05, 3.63) is 42.6 Å². The lowest BCUT2D eigenvalue weighted by Crippen LogP contribution is -2.27. The highest BCUT2D eigenvalue weighted by molar-refractivity contribution is 14.0. The first-order valence-electron chi connectivity index (χ1n) is 6.12. The summed E-state index contributed by atoms with van der Waals surface area (Å²) in [5, 5.41) is 3.31. The Morgan fingerprint density at radius 2 is 2.12 bits per heavy atom. The summed E-state index contributed by atoms with van der Waals surface area (Å²) >= 11 is 0. The van der Waals surface area contributed by atoms with Gasteiger partial charge in [-0.2, -0.15) is 0 Å². The van der Waals surface area contributed by atoms with Gasteiger partial charge in [-0.3, -0.25) is 4.90 Å². The molecular formula is C14H21IN2. The van der Waals surface area contributed by atoms with Gasteiger partial charge in [-0.05, 0) is 44.3 Å². The number of hydrogen-bond donors (Lipinski definition) is 1. The molecule has 0 amide bonds. The van der Waals surface area contributed by atoms with Crippen molar-refractivity contribution in [3.8, 4) is 0 Å². The van der Waals surface area contributed by atoms with Crippen LogP contribution in [-0.4, -0.2) is 24.0 Å². The molecule has 1 aliphatic rings. The summed E-state index contributed by atoms with van der Waals surface area (Å²) in [6, 6.07) is 10.9. The molecule has 1 aromatic rings. The van der Waals surface area contributed by atoms with Crippen molar-refractivity contribution in [1.29, 1.82) is 0 Å². The average Bonchev–Trinajstić information content (AvgIpc) is 2.78. The number of hydrogen-bond acceptors (Lipinski definition) is 2. The third-order valence-corrected chi connectivity index (χ3v) is 3.16. The van der Waals surface area contributed by atoms with E-state index in [1.807, 2.05) is 18.2 Å². The first kappa shape index (κ1) is 14.5. The second-order valence-corrected chi connectivity index (χ2v) is 4.21. The second-order valence-electron chi connectivity index (χ2n) is 4.21. The molecule has 1 saturated heterocycles. The Labute approximate surface area is 121 Å². The van der Waals surface area contributed by atoms with Gasteiger partial charge in [0.15, 0.2) is 0 Å². The van der Waals surface area contributed by atoms with Gasteiger partial charge in [0, 0.05) is 11.7 Å². The van der Waals surface area contributed by atoms with Crippen molar-refractivity contribution in [2.45, 2.75) is 25.8 Å². The van der Waals surface area contributed by atoms with Crippen LogP contribution in [0.3, 0.4) is 0 Å². The molecule has 1 fully saturated rings. The Morgan fingerprint density at radius 1 is 1.35 bits per heavy atom. The molecule has 0 aliphatic carbocycles. The summed E-state index contributed by atoms with van der Waals surface area (Å²) in [6.07, 6.45) is 6.98. The lowest BCUT2D eigenvalue weighted by molar-refractivity contribution is 0.306. The van der Waals surface area contributed by atoms with E-state index < -0.39 is 0 Å². The Balaban J connectivity index is 0.00000144. The normalized spacial score (nSPS) is 20.4. The van der Waals surface area contributed by atoms with Crippen molar-refractivity contribution < 1.29 is 0 Å². The zero-order valence-electron chi connectivity index (χ0n) is 10.3. The van der Waals surface area contributed by atoms with Crippen molar-refractivity contribution >= 4 is 29.7 Å². The zero-order chi connectivity index (χ0) is 11.2. The lowest BCUT2D eigenvalue weighted by atomic mass is 10.2. The van der Waals surface area contributed by atoms with Crippen LogP contribution < -0.4 is 5.32 Å². The molecule has 0 saturated carbocycles. The average molecular weight is 344 g/mol. The molecule has 1 aromatic carbocycles. The molecule has 2 nitrogen and oxygen atoms in total. The number of para-hydroxylation sites is 1. The predicted molar refractivity (Wildman–Crippen MR) is 84.9 cm³/mol. The van der Waals surface area contributed by atoms with Crippen LogP contribution in [0.15, 0.2) is 42.6 Å². The van der Waals surface area contributed by atoms with Crippen LogP contribution in [0, 0.1) is 0 Å². The summed E-state index contributed by atoms with van der Waals surface area (Å²) < 4.78 is 0. The molecule has 1 aliphatic heterocycles. The van der Waals surface area contributed by atoms with Gasteiger partial charge in [-0.1, -0.05) is 31.2 Å². The largest absolute Gasteiger partial charge is 0.362 e. The smallest absolute Gasteiger partial charge is 0.0379 e. The maximum atomic E-state index is 3.31. The molecule has 0 aromatic heterocycles. The molecule has 94 valence electrons. The van der Waals surface area contributed by atoms with E-state index in [0.29, 0.717) is 6.04 Å². The quantitative estimate of drug-likeness (QED) is 0.838. The Morgan fingerprint density at radius 3 is 2.82 bits per heavy atom. The number of likely N-dealkylation sites (N-methyl/N-ethyl adjacent to an activating group) is 1. The van der Waals surface area contributed by atoms with Crippen LogP contribution in [0.25, 0.3) is 0 Å². The van der Waals surface area contributed by atoms with E-state index in [9.17, 15) is 0 Å². The minimum atomic E-state index is 0. The molecule has 1 atom stereocenters. The number of nitrogens with one attached hydrogen (secondary N) is 1. The van der Waals surface area contributed by atoms with E-state index >= 15 is 0 Å². The Bertz CT molecular complexity index is 337. The van der Waals surface area contributed by atoms with E-state index in [4.69, 9.17) is 0 Å². The standard InChI is InChI=1S/C14H20N2.HI/c1-2-16-12-6-9-14(16)10-11-15-13-7-4-3-5-8-13;/h3-5,7-8,10-11,14-15H,2,6,9,12H2,1H3;1H/b11-10+;. The van der Waals surface area contributed by atoms with Crippen LogP contribution in [0.4, 0.5) is 5.69 Å². The number of likely N-dealkylation sites (tertiary alicyclic amines) is 1. The maximum Gasteiger partial charge on any atom is 0.0379 e. The van der Waals surface area contributed by atoms with E-state index in [0.717, 1.165) is 12.2 Å². The van der Waals surface area contributed by atoms with Crippen LogP contribution in [0.2, 0.25) is 0 Å². The molecule has 3 heteroatoms. The van der Waals surface area contributed by atoms with Crippen molar-refractivity contribution in [2.24, 2.45) is 0 Å². The zero-order valence-corrected chi connectivity index (χ0v) is 12.6. The molecule has 1 N–H and O–H groups in total. The fraction of sp³-hybridized carbons (Fsp3) is 0.429. The van der Waals surface area contributed by atoms with Gasteiger partial charge in [-0.25, -0.2) is 0 Å². The van der Waals surface area contributed by atoms with Crippen LogP contribution in [0.5, 0.6) is 0 Å². The predicted octanol–water partition coefficient (Wildman–Crippen LogP) is 3.71. The molecular weight excluding hydrogens is 323 g/mol. The van der Waals surface area contributed by atoms with Crippen molar-refractivity contribution in [1.82, 2.24) is 4.90 Å². The van der Waals surface area contributed by atoms with Crippen LogP contribution in [-0.2, 0) is 0 Å². The number of anilines is 1. The summed E-state index contributed by atoms with van der Waals surface area (Å²) in [4.78, 5) is 2.52. The maximum absolute atomic E-state index is 3.31. The number of nitrogens with zero attached hydrogens (tertiary/aromatic N) is 1. The summed E-state index contributed by atoms with van der Waals surface area (Å²) in [5.41, 5.74) is 1.15. The van der Waals surface area contributed by atoms with E-state index in [2.05, 4.69) is 41.5 Å². The number of rotatable bonds is 4. The van der Waals surface area contributed by atoms with Crippen LogP contribution in [0.1, 0.15) is 19.8 Å². The van der Waals surface area contributed by atoms with E-state index in [1.165, 1.54) is 19.4 Å². The van der Waals surface area contributed by atoms with Gasteiger partial charge < -0.3 is 5.32 Å². The highest BCUT2D eigenvalue weighted by Gasteiger charge is 2.19. The van der Waals surface area contributed by atoms with Crippen molar-refractivity contribution in [2.75, 3.05) is 18.4 Å². The second kappa shape index (κ2) is 7.71. The third kappa shape index (κ3) is 4.32. The highest BCUT2D eigenvalue weighted by Crippen LogP contribution is 2.17. The van der Waals surface area contributed by atoms with Gasteiger partial charge in [0.2, 0.25) is 0 Å². The van der Waals surface area contributed by atoms with Crippen molar-refractivity contribution in [3.63, 3.8) is 0 Å². The van der Waals surface area contributed by atoms with E-state index in [1.54, 1.807) is 0 Å². The molecule has 0 bridgehead atoms. The molecule has 2 rings (SSSR count). The minimum absolute atomic E-state index is 0. The van der Waals surface area contributed by atoms with Gasteiger partial charge in [-0.15, -0.1) is 24.0 Å². The number of halogens is 1. The summed E-state index contributed by atoms with van der Waals surface area (Å²) in [7, 11) is 0. The third-order valence-electron chi connectivity index (χ3n) is 3.16. The lowest BCUT2D eigenvalue weighted by Gasteiger charge is -2.19. The fourth-order valence-electron chi connectivity index (χ4n) is 2.25. The van der Waals surface area contributed by atoms with Crippen LogP contribution >= 0.6 is 24.0 Å². The monoisotopic (exact) mass is 344 g/mol.